The van der Waals surface area contributed by atoms with Crippen LogP contribution in [-0.4, -0.2) is 31.8 Å². The molecule has 0 aliphatic heterocycles. The molecule has 0 atom stereocenters. The largest absolute Gasteiger partial charge is 0.508 e. The summed E-state index contributed by atoms with van der Waals surface area (Å²) in [6.45, 7) is 1.69. The zero-order valence-corrected chi connectivity index (χ0v) is 11.5. The van der Waals surface area contributed by atoms with Crippen LogP contribution >= 0.6 is 0 Å². The summed E-state index contributed by atoms with van der Waals surface area (Å²) in [5.41, 5.74) is 6.80. The van der Waals surface area contributed by atoms with E-state index in [2.05, 4.69) is 15.6 Å². The number of carbonyl (C=O) groups is 1. The summed E-state index contributed by atoms with van der Waals surface area (Å²) >= 11 is 0. The van der Waals surface area contributed by atoms with Gasteiger partial charge in [0.25, 0.3) is 5.91 Å². The second-order valence-corrected chi connectivity index (χ2v) is 4.47. The maximum Gasteiger partial charge on any atom is 0.256 e. The molecule has 8 heteroatoms. The number of nitrogens with two attached hydrogens (primary N) is 1. The van der Waals surface area contributed by atoms with Crippen LogP contribution in [0.2, 0.25) is 0 Å². The van der Waals surface area contributed by atoms with Crippen molar-refractivity contribution in [1.29, 1.82) is 0 Å². The number of hydrogen-bond donors (Lipinski definition) is 4. The third-order valence-corrected chi connectivity index (χ3v) is 3.01. The number of carbonyl (C=O) groups excluding carboxylic acids is 1. The van der Waals surface area contributed by atoms with E-state index in [1.54, 1.807) is 20.0 Å². The third kappa shape index (κ3) is 2.78. The summed E-state index contributed by atoms with van der Waals surface area (Å²) in [4.78, 5) is 12.2. The maximum absolute atomic E-state index is 12.2. The minimum absolute atomic E-state index is 0.115. The quantitative estimate of drug-likeness (QED) is 0.287. The van der Waals surface area contributed by atoms with Crippen molar-refractivity contribution in [3.8, 4) is 5.75 Å². The highest BCUT2D eigenvalue weighted by Gasteiger charge is 2.16. The molecule has 8 nitrogen and oxygen atoms in total. The lowest BCUT2D eigenvalue weighted by Gasteiger charge is -2.09. The minimum Gasteiger partial charge on any atom is -0.508 e. The van der Waals surface area contributed by atoms with E-state index in [1.807, 2.05) is 0 Å². The van der Waals surface area contributed by atoms with Gasteiger partial charge < -0.3 is 21.4 Å². The number of amides is 1. The number of aryl methyl sites for hydroxylation is 2. The number of phenolic OH excluding ortho intramolecular Hbond substituents is 1. The number of phenols is 1. The fourth-order valence-corrected chi connectivity index (χ4v) is 1.80. The summed E-state index contributed by atoms with van der Waals surface area (Å²) in [5, 5.41) is 27.7. The number of hydrogen-bond acceptors (Lipinski definition) is 5. The molecular weight excluding hydrogens is 274 g/mol. The summed E-state index contributed by atoms with van der Waals surface area (Å²) in [6, 6.07) is 4.50. The Labute approximate surface area is 120 Å². The fraction of sp³-hybridized carbons (Fsp3) is 0.154. The van der Waals surface area contributed by atoms with Crippen LogP contribution in [-0.2, 0) is 7.05 Å². The van der Waals surface area contributed by atoms with E-state index in [0.717, 1.165) is 0 Å². The van der Waals surface area contributed by atoms with Gasteiger partial charge in [-0.3, -0.25) is 9.48 Å². The molecule has 1 heterocycles. The van der Waals surface area contributed by atoms with Gasteiger partial charge in [0.2, 0.25) is 0 Å². The van der Waals surface area contributed by atoms with E-state index in [-0.39, 0.29) is 11.6 Å². The van der Waals surface area contributed by atoms with Crippen molar-refractivity contribution in [2.45, 2.75) is 6.92 Å². The van der Waals surface area contributed by atoms with E-state index in [0.29, 0.717) is 22.5 Å². The molecule has 2 aromatic rings. The molecule has 1 aromatic carbocycles. The predicted octanol–water partition coefficient (Wildman–Crippen LogP) is 0.781. The molecule has 0 fully saturated rings. The Hall–Kier alpha value is -3.03. The van der Waals surface area contributed by atoms with Gasteiger partial charge in [-0.15, -0.1) is 0 Å². The Morgan fingerprint density at radius 3 is 2.81 bits per heavy atom. The number of aromatic hydroxyl groups is 1. The second-order valence-electron chi connectivity index (χ2n) is 4.47. The number of nitrogens with zero attached hydrogens (tertiary/aromatic N) is 3. The molecule has 0 aliphatic rings. The topological polar surface area (TPSA) is 126 Å². The molecule has 0 aliphatic carbocycles. The monoisotopic (exact) mass is 289 g/mol. The third-order valence-electron chi connectivity index (χ3n) is 3.01. The highest BCUT2D eigenvalue weighted by Crippen LogP contribution is 2.19. The van der Waals surface area contributed by atoms with Crippen molar-refractivity contribution in [3.63, 3.8) is 0 Å². The summed E-state index contributed by atoms with van der Waals surface area (Å²) in [6.07, 6.45) is 1.38. The molecule has 0 unspecified atom stereocenters. The number of oxime groups is 1. The summed E-state index contributed by atoms with van der Waals surface area (Å²) in [7, 11) is 1.62. The first kappa shape index (κ1) is 14.4. The van der Waals surface area contributed by atoms with E-state index in [9.17, 15) is 9.90 Å². The van der Waals surface area contributed by atoms with Gasteiger partial charge in [0.1, 0.15) is 11.6 Å². The minimum atomic E-state index is -0.395. The fourth-order valence-electron chi connectivity index (χ4n) is 1.80. The Morgan fingerprint density at radius 2 is 2.19 bits per heavy atom. The van der Waals surface area contributed by atoms with Crippen LogP contribution in [0.4, 0.5) is 5.82 Å². The number of amidine groups is 1. The van der Waals surface area contributed by atoms with Gasteiger partial charge in [-0.2, -0.15) is 5.10 Å². The normalized spacial score (nSPS) is 11.4. The average Bonchev–Trinajstić information content (AvgIpc) is 2.82. The SMILES string of the molecule is Cc1cc(C(=O)Nc2c(/C(N)=N/O)cnn2C)ccc1O. The lowest BCUT2D eigenvalue weighted by Crippen LogP contribution is -2.20. The Morgan fingerprint density at radius 1 is 1.48 bits per heavy atom. The Kier molecular flexibility index (Phi) is 3.79. The van der Waals surface area contributed by atoms with Crippen LogP contribution in [0.25, 0.3) is 0 Å². The lowest BCUT2D eigenvalue weighted by molar-refractivity contribution is 0.102. The van der Waals surface area contributed by atoms with Crippen molar-refractivity contribution in [2.24, 2.45) is 17.9 Å². The number of nitrogens with one attached hydrogen (secondary N) is 1. The molecular formula is C13H15N5O3. The molecule has 21 heavy (non-hydrogen) atoms. The molecule has 0 saturated carbocycles. The Balaban J connectivity index is 2.31. The van der Waals surface area contributed by atoms with Crippen LogP contribution in [0.1, 0.15) is 21.5 Å². The summed E-state index contributed by atoms with van der Waals surface area (Å²) < 4.78 is 1.40. The van der Waals surface area contributed by atoms with Gasteiger partial charge in [-0.25, -0.2) is 0 Å². The van der Waals surface area contributed by atoms with Gasteiger partial charge in [0.15, 0.2) is 5.84 Å². The standard InChI is InChI=1S/C13H15N5O3/c1-7-5-8(3-4-10(7)19)13(20)16-12-9(11(14)17-21)6-15-18(12)2/h3-6,19,21H,1-2H3,(H2,14,17)(H,16,20). The van der Waals surface area contributed by atoms with Crippen LogP contribution in [0, 0.1) is 6.92 Å². The number of aromatic nitrogens is 2. The zero-order valence-electron chi connectivity index (χ0n) is 11.5. The predicted molar refractivity (Wildman–Crippen MR) is 76.5 cm³/mol. The first-order valence-corrected chi connectivity index (χ1v) is 6.05. The Bertz CT molecular complexity index is 721. The highest BCUT2D eigenvalue weighted by atomic mass is 16.4. The summed E-state index contributed by atoms with van der Waals surface area (Å²) in [5.74, 6) is -0.126. The van der Waals surface area contributed by atoms with Gasteiger partial charge in [-0.05, 0) is 30.7 Å². The van der Waals surface area contributed by atoms with Crippen LogP contribution in [0.5, 0.6) is 5.75 Å². The van der Waals surface area contributed by atoms with Crippen molar-refractivity contribution in [3.05, 3.63) is 41.1 Å². The van der Waals surface area contributed by atoms with Crippen molar-refractivity contribution in [2.75, 3.05) is 5.32 Å². The van der Waals surface area contributed by atoms with E-state index in [1.165, 1.54) is 23.0 Å². The molecule has 0 saturated heterocycles. The smallest absolute Gasteiger partial charge is 0.256 e. The first-order valence-electron chi connectivity index (χ1n) is 6.05. The molecule has 5 N–H and O–H groups in total. The second kappa shape index (κ2) is 5.53. The number of rotatable bonds is 3. The van der Waals surface area contributed by atoms with Gasteiger partial charge in [0.05, 0.1) is 11.8 Å². The maximum atomic E-state index is 12.2. The molecule has 0 radical (unpaired) electrons. The highest BCUT2D eigenvalue weighted by molar-refractivity contribution is 6.09. The van der Waals surface area contributed by atoms with Crippen LogP contribution in [0.3, 0.4) is 0 Å². The lowest BCUT2D eigenvalue weighted by atomic mass is 10.1. The van der Waals surface area contributed by atoms with Crippen LogP contribution in [0.15, 0.2) is 29.6 Å². The number of benzene rings is 1. The van der Waals surface area contributed by atoms with Crippen molar-refractivity contribution < 1.29 is 15.1 Å². The first-order chi connectivity index (χ1) is 9.93. The number of anilines is 1. The van der Waals surface area contributed by atoms with Gasteiger partial charge in [-0.1, -0.05) is 5.16 Å². The molecule has 2 rings (SSSR count). The van der Waals surface area contributed by atoms with Crippen molar-refractivity contribution in [1.82, 2.24) is 9.78 Å². The molecule has 1 amide bonds. The molecule has 0 bridgehead atoms. The van der Waals surface area contributed by atoms with E-state index >= 15 is 0 Å². The molecule has 1 aromatic heterocycles. The van der Waals surface area contributed by atoms with Crippen molar-refractivity contribution >= 4 is 17.6 Å². The average molecular weight is 289 g/mol. The zero-order chi connectivity index (χ0) is 15.6. The van der Waals surface area contributed by atoms with E-state index in [4.69, 9.17) is 10.9 Å². The molecule has 110 valence electrons. The van der Waals surface area contributed by atoms with Gasteiger partial charge >= 0.3 is 0 Å². The van der Waals surface area contributed by atoms with Gasteiger partial charge in [0, 0.05) is 12.6 Å². The van der Waals surface area contributed by atoms with E-state index < -0.39 is 5.91 Å². The van der Waals surface area contributed by atoms with Crippen LogP contribution < -0.4 is 11.1 Å². The molecule has 0 spiro atoms.